The van der Waals surface area contributed by atoms with E-state index in [1.807, 2.05) is 30.3 Å². The summed E-state index contributed by atoms with van der Waals surface area (Å²) in [4.78, 5) is 30.1. The number of aliphatic hydroxyl groups is 1. The first kappa shape index (κ1) is 22.4. The Bertz CT molecular complexity index is 879. The van der Waals surface area contributed by atoms with Gasteiger partial charge in [0.15, 0.2) is 0 Å². The minimum Gasteiger partial charge on any atom is -0.496 e. The molecule has 0 atom stereocenters. The zero-order valence-corrected chi connectivity index (χ0v) is 17.3. The molecule has 29 heavy (non-hydrogen) atoms. The third-order valence-electron chi connectivity index (χ3n) is 3.72. The molecule has 0 aliphatic carbocycles. The van der Waals surface area contributed by atoms with Crippen molar-refractivity contribution >= 4 is 29.2 Å². The molecule has 0 fully saturated rings. The Hall–Kier alpha value is -2.84. The first-order valence-electron chi connectivity index (χ1n) is 8.97. The lowest BCUT2D eigenvalue weighted by molar-refractivity contribution is -0.140. The first-order valence-corrected chi connectivity index (χ1v) is 9.78. The molecule has 154 valence electrons. The fraction of sp³-hybridized carbons (Fsp3) is 0.286. The van der Waals surface area contributed by atoms with Gasteiger partial charge < -0.3 is 19.4 Å². The molecule has 0 heterocycles. The van der Waals surface area contributed by atoms with Crippen LogP contribution in [0.1, 0.15) is 30.6 Å². The molecule has 2 rings (SSSR count). The van der Waals surface area contributed by atoms with Crippen molar-refractivity contribution in [3.8, 4) is 11.5 Å². The van der Waals surface area contributed by atoms with E-state index < -0.39 is 5.97 Å². The van der Waals surface area contributed by atoms with Crippen LogP contribution in [0.3, 0.4) is 0 Å². The topological polar surface area (TPSA) is 94.4 Å². The Morgan fingerprint density at radius 1 is 1.10 bits per heavy atom. The highest BCUT2D eigenvalue weighted by Crippen LogP contribution is 2.33. The van der Waals surface area contributed by atoms with Gasteiger partial charge in [0.25, 0.3) is 0 Å². The number of nitrogens with zero attached hydrogens (tertiary/aromatic N) is 1. The van der Waals surface area contributed by atoms with E-state index in [1.165, 1.54) is 25.8 Å². The predicted molar refractivity (Wildman–Crippen MR) is 110 cm³/mol. The lowest BCUT2D eigenvalue weighted by Crippen LogP contribution is -2.15. The quantitative estimate of drug-likeness (QED) is 0.272. The van der Waals surface area contributed by atoms with E-state index in [1.54, 1.807) is 19.1 Å². The minimum absolute atomic E-state index is 0.0350. The standard InChI is InChI=1S/C21H23NO6S/c1-4-19(22-28-14(2)24)21(25)18-10-9-17(13-20(18)26-3)29-16-7-5-15(6-8-16)27-12-11-23/h5-10,13,23H,4,11-12H2,1-3H3/b22-19+. The third-order valence-corrected chi connectivity index (χ3v) is 4.72. The summed E-state index contributed by atoms with van der Waals surface area (Å²) in [6.07, 6.45) is 0.316. The number of carbonyl (C=O) groups is 2. The molecule has 2 aromatic carbocycles. The molecule has 0 saturated carbocycles. The van der Waals surface area contributed by atoms with E-state index in [9.17, 15) is 9.59 Å². The average molecular weight is 417 g/mol. The number of hydrogen-bond acceptors (Lipinski definition) is 8. The molecule has 7 nitrogen and oxygen atoms in total. The van der Waals surface area contributed by atoms with Gasteiger partial charge in [0.1, 0.15) is 23.8 Å². The molecule has 0 aromatic heterocycles. The molecule has 0 spiro atoms. The molecular weight excluding hydrogens is 394 g/mol. The van der Waals surface area contributed by atoms with Crippen LogP contribution in [0.2, 0.25) is 0 Å². The van der Waals surface area contributed by atoms with Crippen molar-refractivity contribution in [2.45, 2.75) is 30.1 Å². The lowest BCUT2D eigenvalue weighted by Gasteiger charge is -2.11. The van der Waals surface area contributed by atoms with Crippen molar-refractivity contribution in [1.29, 1.82) is 0 Å². The molecule has 2 aromatic rings. The fourth-order valence-electron chi connectivity index (χ4n) is 2.37. The van der Waals surface area contributed by atoms with Crippen molar-refractivity contribution in [3.63, 3.8) is 0 Å². The van der Waals surface area contributed by atoms with E-state index >= 15 is 0 Å². The van der Waals surface area contributed by atoms with Crippen LogP contribution < -0.4 is 9.47 Å². The largest absolute Gasteiger partial charge is 0.496 e. The SMILES string of the molecule is CC/C(=N\OC(C)=O)C(=O)c1ccc(Sc2ccc(OCCO)cc2)cc1OC. The smallest absolute Gasteiger partial charge is 0.331 e. The molecule has 0 unspecified atom stereocenters. The van der Waals surface area contributed by atoms with Crippen LogP contribution in [0.25, 0.3) is 0 Å². The second-order valence-corrected chi connectivity index (χ2v) is 6.96. The van der Waals surface area contributed by atoms with Gasteiger partial charge in [-0.3, -0.25) is 4.79 Å². The highest BCUT2D eigenvalue weighted by molar-refractivity contribution is 7.99. The van der Waals surface area contributed by atoms with Crippen LogP contribution in [-0.4, -0.2) is 42.9 Å². The number of oxime groups is 1. The third kappa shape index (κ3) is 6.62. The monoisotopic (exact) mass is 417 g/mol. The van der Waals surface area contributed by atoms with Gasteiger partial charge in [0.05, 0.1) is 19.3 Å². The van der Waals surface area contributed by atoms with Crippen LogP contribution in [-0.2, 0) is 9.63 Å². The van der Waals surface area contributed by atoms with Crippen molar-refractivity contribution in [1.82, 2.24) is 0 Å². The summed E-state index contributed by atoms with van der Waals surface area (Å²) < 4.78 is 10.7. The number of methoxy groups -OCH3 is 1. The summed E-state index contributed by atoms with van der Waals surface area (Å²) in [6.45, 7) is 3.19. The molecule has 8 heteroatoms. The Balaban J connectivity index is 2.18. The van der Waals surface area contributed by atoms with Crippen molar-refractivity contribution < 1.29 is 29.0 Å². The van der Waals surface area contributed by atoms with E-state index in [2.05, 4.69) is 9.99 Å². The second-order valence-electron chi connectivity index (χ2n) is 5.81. The molecule has 0 radical (unpaired) electrons. The summed E-state index contributed by atoms with van der Waals surface area (Å²) in [5, 5.41) is 12.4. The Kier molecular flexibility index (Phi) is 8.69. The first-order chi connectivity index (χ1) is 14.0. The summed E-state index contributed by atoms with van der Waals surface area (Å²) in [7, 11) is 1.49. The summed E-state index contributed by atoms with van der Waals surface area (Å²) in [5.74, 6) is 0.149. The Morgan fingerprint density at radius 3 is 2.38 bits per heavy atom. The maximum atomic E-state index is 12.7. The minimum atomic E-state index is -0.588. The van der Waals surface area contributed by atoms with Gasteiger partial charge in [-0.1, -0.05) is 23.8 Å². The normalized spacial score (nSPS) is 11.1. The van der Waals surface area contributed by atoms with Gasteiger partial charge in [0.2, 0.25) is 5.78 Å². The Labute approximate surface area is 173 Å². The van der Waals surface area contributed by atoms with Gasteiger partial charge >= 0.3 is 5.97 Å². The summed E-state index contributed by atoms with van der Waals surface area (Å²) in [6, 6.07) is 12.7. The predicted octanol–water partition coefficient (Wildman–Crippen LogP) is 3.73. The van der Waals surface area contributed by atoms with Gasteiger partial charge in [-0.2, -0.15) is 0 Å². The van der Waals surface area contributed by atoms with Crippen molar-refractivity contribution in [3.05, 3.63) is 48.0 Å². The molecule has 1 N–H and O–H groups in total. The number of ether oxygens (including phenoxy) is 2. The highest BCUT2D eigenvalue weighted by Gasteiger charge is 2.19. The molecule has 0 aliphatic heterocycles. The molecule has 0 amide bonds. The molecule has 0 aliphatic rings. The molecule has 0 saturated heterocycles. The van der Waals surface area contributed by atoms with E-state index in [0.717, 1.165) is 9.79 Å². The number of hydrogen-bond donors (Lipinski definition) is 1. The summed E-state index contributed by atoms with van der Waals surface area (Å²) >= 11 is 1.50. The maximum Gasteiger partial charge on any atom is 0.331 e. The van der Waals surface area contributed by atoms with E-state index in [0.29, 0.717) is 23.5 Å². The number of ketones is 1. The van der Waals surface area contributed by atoms with Crippen LogP contribution in [0.4, 0.5) is 0 Å². The number of Topliss-reactive ketones (excluding diaryl/α,β-unsaturated/α-hetero) is 1. The summed E-state index contributed by atoms with van der Waals surface area (Å²) in [5.41, 5.74) is 0.481. The number of rotatable bonds is 10. The molecule has 0 bridgehead atoms. The fourth-order valence-corrected chi connectivity index (χ4v) is 3.21. The van der Waals surface area contributed by atoms with Gasteiger partial charge in [-0.15, -0.1) is 0 Å². The van der Waals surface area contributed by atoms with Gasteiger partial charge in [0, 0.05) is 16.7 Å². The average Bonchev–Trinajstić information content (AvgIpc) is 2.73. The maximum absolute atomic E-state index is 12.7. The highest BCUT2D eigenvalue weighted by atomic mass is 32.2. The van der Waals surface area contributed by atoms with Crippen LogP contribution in [0.5, 0.6) is 11.5 Å². The van der Waals surface area contributed by atoms with E-state index in [4.69, 9.17) is 14.6 Å². The van der Waals surface area contributed by atoms with Gasteiger partial charge in [-0.25, -0.2) is 4.79 Å². The van der Waals surface area contributed by atoms with Crippen LogP contribution in [0, 0.1) is 0 Å². The zero-order valence-electron chi connectivity index (χ0n) is 16.5. The number of aliphatic hydroxyl groups excluding tert-OH is 1. The van der Waals surface area contributed by atoms with Crippen molar-refractivity contribution in [2.24, 2.45) is 5.16 Å². The Morgan fingerprint density at radius 2 is 1.79 bits per heavy atom. The van der Waals surface area contributed by atoms with E-state index in [-0.39, 0.29) is 24.7 Å². The van der Waals surface area contributed by atoms with Crippen molar-refractivity contribution in [2.75, 3.05) is 20.3 Å². The second kappa shape index (κ2) is 11.2. The number of carbonyl (C=O) groups excluding carboxylic acids is 2. The van der Waals surface area contributed by atoms with Crippen LogP contribution in [0.15, 0.2) is 57.4 Å². The molecular formula is C21H23NO6S. The zero-order chi connectivity index (χ0) is 21.2. The van der Waals surface area contributed by atoms with Gasteiger partial charge in [-0.05, 0) is 48.9 Å². The lowest BCUT2D eigenvalue weighted by atomic mass is 10.0. The number of benzene rings is 2. The van der Waals surface area contributed by atoms with Crippen LogP contribution >= 0.6 is 11.8 Å².